The number of aromatic nitrogens is 1. The molecule has 0 bridgehead atoms. The standard InChI is InChI=1S/C16H13Cl2N3/c1-9-7-15(11-8-10(19)5-6-13(11)20-9)21-14-4-2-3-12(17)16(14)18/h2-8H,19H2,1H3,(H,20,21). The molecule has 0 unspecified atom stereocenters. The highest BCUT2D eigenvalue weighted by molar-refractivity contribution is 6.43. The van der Waals surface area contributed by atoms with E-state index in [4.69, 9.17) is 28.9 Å². The van der Waals surface area contributed by atoms with Crippen molar-refractivity contribution in [1.82, 2.24) is 4.98 Å². The minimum Gasteiger partial charge on any atom is -0.399 e. The molecule has 0 amide bonds. The zero-order chi connectivity index (χ0) is 15.0. The molecule has 0 aliphatic carbocycles. The molecule has 2 aromatic carbocycles. The number of nitrogen functional groups attached to an aromatic ring is 1. The molecule has 0 radical (unpaired) electrons. The van der Waals surface area contributed by atoms with Gasteiger partial charge in [0.25, 0.3) is 0 Å². The fourth-order valence-electron chi connectivity index (χ4n) is 2.22. The summed E-state index contributed by atoms with van der Waals surface area (Å²) in [6.07, 6.45) is 0. The highest BCUT2D eigenvalue weighted by Crippen LogP contribution is 2.34. The van der Waals surface area contributed by atoms with Crippen LogP contribution in [0.25, 0.3) is 10.9 Å². The van der Waals surface area contributed by atoms with Crippen LogP contribution >= 0.6 is 23.2 Å². The Hall–Kier alpha value is -1.97. The summed E-state index contributed by atoms with van der Waals surface area (Å²) in [5, 5.41) is 5.26. The summed E-state index contributed by atoms with van der Waals surface area (Å²) < 4.78 is 0. The lowest BCUT2D eigenvalue weighted by molar-refractivity contribution is 1.25. The predicted octanol–water partition coefficient (Wildman–Crippen LogP) is 5.18. The Morgan fingerprint density at radius 3 is 2.67 bits per heavy atom. The average molecular weight is 318 g/mol. The molecule has 0 atom stereocenters. The van der Waals surface area contributed by atoms with Gasteiger partial charge in [0.1, 0.15) is 0 Å². The van der Waals surface area contributed by atoms with Gasteiger partial charge in [-0.05, 0) is 43.3 Å². The third-order valence-corrected chi connectivity index (χ3v) is 4.00. The van der Waals surface area contributed by atoms with Gasteiger partial charge in [0.15, 0.2) is 0 Å². The van der Waals surface area contributed by atoms with Gasteiger partial charge >= 0.3 is 0 Å². The summed E-state index contributed by atoms with van der Waals surface area (Å²) in [5.41, 5.74) is 10.00. The first kappa shape index (κ1) is 14.0. The molecular weight excluding hydrogens is 305 g/mol. The number of nitrogens with two attached hydrogens (primary N) is 1. The second-order valence-electron chi connectivity index (χ2n) is 4.81. The monoisotopic (exact) mass is 317 g/mol. The first-order chi connectivity index (χ1) is 10.0. The number of hydrogen-bond acceptors (Lipinski definition) is 3. The van der Waals surface area contributed by atoms with E-state index in [1.165, 1.54) is 0 Å². The number of aryl methyl sites for hydroxylation is 1. The highest BCUT2D eigenvalue weighted by atomic mass is 35.5. The van der Waals surface area contributed by atoms with Gasteiger partial charge in [-0.3, -0.25) is 4.98 Å². The van der Waals surface area contributed by atoms with Crippen molar-refractivity contribution in [3.05, 3.63) is 58.2 Å². The zero-order valence-electron chi connectivity index (χ0n) is 11.3. The van der Waals surface area contributed by atoms with Crippen molar-refractivity contribution < 1.29 is 0 Å². The van der Waals surface area contributed by atoms with Gasteiger partial charge in [0.2, 0.25) is 0 Å². The largest absolute Gasteiger partial charge is 0.399 e. The molecule has 3 nitrogen and oxygen atoms in total. The van der Waals surface area contributed by atoms with Gasteiger partial charge in [0.05, 0.1) is 21.2 Å². The van der Waals surface area contributed by atoms with E-state index in [2.05, 4.69) is 10.3 Å². The first-order valence-electron chi connectivity index (χ1n) is 6.42. The normalized spacial score (nSPS) is 10.8. The minimum atomic E-state index is 0.491. The maximum atomic E-state index is 6.23. The van der Waals surface area contributed by atoms with Crippen LogP contribution in [0.3, 0.4) is 0 Å². The third kappa shape index (κ3) is 2.75. The maximum Gasteiger partial charge on any atom is 0.0827 e. The van der Waals surface area contributed by atoms with Crippen molar-refractivity contribution in [2.75, 3.05) is 11.1 Å². The van der Waals surface area contributed by atoms with E-state index in [1.807, 2.05) is 43.3 Å². The third-order valence-electron chi connectivity index (χ3n) is 3.18. The van der Waals surface area contributed by atoms with Gasteiger partial charge in [-0.1, -0.05) is 29.3 Å². The minimum absolute atomic E-state index is 0.491. The average Bonchev–Trinajstić information content (AvgIpc) is 2.44. The molecular formula is C16H13Cl2N3. The number of halogens is 2. The van der Waals surface area contributed by atoms with Gasteiger partial charge < -0.3 is 11.1 Å². The SMILES string of the molecule is Cc1cc(Nc2cccc(Cl)c2Cl)c2cc(N)ccc2n1. The molecule has 0 aliphatic rings. The smallest absolute Gasteiger partial charge is 0.0827 e. The van der Waals surface area contributed by atoms with Gasteiger partial charge in [-0.15, -0.1) is 0 Å². The molecule has 1 heterocycles. The molecule has 21 heavy (non-hydrogen) atoms. The quantitative estimate of drug-likeness (QED) is 0.640. The lowest BCUT2D eigenvalue weighted by Gasteiger charge is -2.13. The number of nitrogens with zero attached hydrogens (tertiary/aromatic N) is 1. The number of fused-ring (bicyclic) bond motifs is 1. The number of anilines is 3. The number of pyridine rings is 1. The second kappa shape index (κ2) is 5.43. The second-order valence-corrected chi connectivity index (χ2v) is 5.60. The summed E-state index contributed by atoms with van der Waals surface area (Å²) in [7, 11) is 0. The van der Waals surface area contributed by atoms with Crippen molar-refractivity contribution in [1.29, 1.82) is 0 Å². The van der Waals surface area contributed by atoms with Crippen molar-refractivity contribution in [2.45, 2.75) is 6.92 Å². The Labute approximate surface area is 132 Å². The maximum absolute atomic E-state index is 6.23. The molecule has 0 saturated heterocycles. The molecule has 5 heteroatoms. The zero-order valence-corrected chi connectivity index (χ0v) is 12.8. The van der Waals surface area contributed by atoms with Crippen LogP contribution in [0.5, 0.6) is 0 Å². The Morgan fingerprint density at radius 1 is 1.05 bits per heavy atom. The lowest BCUT2D eigenvalue weighted by atomic mass is 10.1. The molecule has 0 spiro atoms. The van der Waals surface area contributed by atoms with E-state index in [0.717, 1.165) is 28.0 Å². The number of benzene rings is 2. The Kier molecular flexibility index (Phi) is 3.62. The van der Waals surface area contributed by atoms with E-state index in [0.29, 0.717) is 15.7 Å². The van der Waals surface area contributed by atoms with Crippen LogP contribution < -0.4 is 11.1 Å². The summed E-state index contributed by atoms with van der Waals surface area (Å²) in [4.78, 5) is 4.50. The molecule has 0 fully saturated rings. The molecule has 1 aromatic heterocycles. The van der Waals surface area contributed by atoms with Crippen LogP contribution in [0.2, 0.25) is 10.0 Å². The van der Waals surface area contributed by atoms with Crippen molar-refractivity contribution in [3.8, 4) is 0 Å². The van der Waals surface area contributed by atoms with E-state index in [-0.39, 0.29) is 0 Å². The van der Waals surface area contributed by atoms with Crippen LogP contribution in [0, 0.1) is 6.92 Å². The summed E-state index contributed by atoms with van der Waals surface area (Å²) in [6, 6.07) is 13.1. The van der Waals surface area contributed by atoms with Crippen LogP contribution in [0.15, 0.2) is 42.5 Å². The van der Waals surface area contributed by atoms with Crippen molar-refractivity contribution in [3.63, 3.8) is 0 Å². The van der Waals surface area contributed by atoms with E-state index >= 15 is 0 Å². The van der Waals surface area contributed by atoms with Crippen LogP contribution in [0.4, 0.5) is 17.1 Å². The fourth-order valence-corrected chi connectivity index (χ4v) is 2.57. The molecule has 0 saturated carbocycles. The van der Waals surface area contributed by atoms with Crippen molar-refractivity contribution >= 4 is 51.2 Å². The van der Waals surface area contributed by atoms with Crippen LogP contribution in [-0.2, 0) is 0 Å². The van der Waals surface area contributed by atoms with E-state index in [9.17, 15) is 0 Å². The number of rotatable bonds is 2. The summed E-state index contributed by atoms with van der Waals surface area (Å²) in [6.45, 7) is 1.94. The lowest BCUT2D eigenvalue weighted by Crippen LogP contribution is -1.96. The van der Waals surface area contributed by atoms with Gasteiger partial charge in [0, 0.05) is 22.5 Å². The molecule has 0 aliphatic heterocycles. The Balaban J connectivity index is 2.15. The van der Waals surface area contributed by atoms with Crippen LogP contribution in [-0.4, -0.2) is 4.98 Å². The number of hydrogen-bond donors (Lipinski definition) is 2. The summed E-state index contributed by atoms with van der Waals surface area (Å²) >= 11 is 12.3. The first-order valence-corrected chi connectivity index (χ1v) is 7.18. The van der Waals surface area contributed by atoms with E-state index in [1.54, 1.807) is 6.07 Å². The van der Waals surface area contributed by atoms with Gasteiger partial charge in [-0.2, -0.15) is 0 Å². The Bertz CT molecular complexity index is 831. The van der Waals surface area contributed by atoms with Crippen LogP contribution in [0.1, 0.15) is 5.69 Å². The molecule has 3 N–H and O–H groups in total. The fraction of sp³-hybridized carbons (Fsp3) is 0.0625. The van der Waals surface area contributed by atoms with E-state index < -0.39 is 0 Å². The Morgan fingerprint density at radius 2 is 1.86 bits per heavy atom. The molecule has 3 rings (SSSR count). The molecule has 3 aromatic rings. The topological polar surface area (TPSA) is 50.9 Å². The van der Waals surface area contributed by atoms with Gasteiger partial charge in [-0.25, -0.2) is 0 Å². The highest BCUT2D eigenvalue weighted by Gasteiger charge is 2.08. The summed E-state index contributed by atoms with van der Waals surface area (Å²) in [5.74, 6) is 0. The molecule has 106 valence electrons. The predicted molar refractivity (Wildman–Crippen MR) is 90.6 cm³/mol. The number of nitrogens with one attached hydrogen (secondary N) is 1. The van der Waals surface area contributed by atoms with Crippen molar-refractivity contribution in [2.24, 2.45) is 0 Å².